The second-order valence-electron chi connectivity index (χ2n) is 8.01. The zero-order valence-corrected chi connectivity index (χ0v) is 17.4. The molecule has 2 aromatic rings. The van der Waals surface area contributed by atoms with Gasteiger partial charge in [-0.2, -0.15) is 0 Å². The maximum atomic E-state index is 12.5. The minimum absolute atomic E-state index is 0.0504. The van der Waals surface area contributed by atoms with Gasteiger partial charge in [-0.1, -0.05) is 18.2 Å². The van der Waals surface area contributed by atoms with E-state index < -0.39 is 0 Å². The maximum absolute atomic E-state index is 12.5. The first-order chi connectivity index (χ1) is 14.6. The molecule has 1 N–H and O–H groups in total. The molecule has 2 aromatic carbocycles. The van der Waals surface area contributed by atoms with Gasteiger partial charge in [0.25, 0.3) is 0 Å². The van der Waals surface area contributed by atoms with E-state index in [0.29, 0.717) is 39.2 Å². The summed E-state index contributed by atoms with van der Waals surface area (Å²) in [5, 5.41) is 3.15. The van der Waals surface area contributed by atoms with Crippen molar-refractivity contribution in [1.29, 1.82) is 0 Å². The average molecular weight is 411 g/mol. The van der Waals surface area contributed by atoms with Crippen LogP contribution in [0.4, 0.5) is 0 Å². The van der Waals surface area contributed by atoms with E-state index in [1.165, 1.54) is 0 Å². The first-order valence-electron chi connectivity index (χ1n) is 10.6. The Morgan fingerprint density at radius 2 is 1.93 bits per heavy atom. The molecule has 0 aliphatic carbocycles. The standard InChI is InChI=1S/C24H29NO5/c1-18-4-2-5-20(14-18)28-11-3-6-23(26)25-16-24(9-12-27-13-10-24)19-7-8-21-22(15-19)30-17-29-21/h2,4-5,7-8,14-15H,3,6,9-13,16-17H2,1H3,(H,25,26). The van der Waals surface area contributed by atoms with E-state index in [4.69, 9.17) is 18.9 Å². The molecule has 30 heavy (non-hydrogen) atoms. The highest BCUT2D eigenvalue weighted by molar-refractivity contribution is 5.76. The summed E-state index contributed by atoms with van der Waals surface area (Å²) in [6.07, 6.45) is 2.85. The summed E-state index contributed by atoms with van der Waals surface area (Å²) in [4.78, 5) is 12.5. The van der Waals surface area contributed by atoms with E-state index in [1.54, 1.807) is 0 Å². The molecule has 0 atom stereocenters. The highest BCUT2D eigenvalue weighted by Gasteiger charge is 2.36. The monoisotopic (exact) mass is 411 g/mol. The Kier molecular flexibility index (Phi) is 6.43. The first-order valence-corrected chi connectivity index (χ1v) is 10.6. The van der Waals surface area contributed by atoms with Crippen molar-refractivity contribution in [3.8, 4) is 17.2 Å². The van der Waals surface area contributed by atoms with Crippen molar-refractivity contribution in [1.82, 2.24) is 5.32 Å². The highest BCUT2D eigenvalue weighted by atomic mass is 16.7. The number of aryl methyl sites for hydroxylation is 1. The van der Waals surface area contributed by atoms with Crippen LogP contribution >= 0.6 is 0 Å². The molecule has 160 valence electrons. The van der Waals surface area contributed by atoms with Gasteiger partial charge >= 0.3 is 0 Å². The minimum Gasteiger partial charge on any atom is -0.494 e. The van der Waals surface area contributed by atoms with E-state index in [-0.39, 0.29) is 18.1 Å². The number of carbonyl (C=O) groups excluding carboxylic acids is 1. The van der Waals surface area contributed by atoms with Crippen LogP contribution in [-0.4, -0.2) is 39.1 Å². The van der Waals surface area contributed by atoms with Gasteiger partial charge in [-0.3, -0.25) is 4.79 Å². The molecule has 0 spiro atoms. The molecular weight excluding hydrogens is 382 g/mol. The van der Waals surface area contributed by atoms with Gasteiger partial charge < -0.3 is 24.3 Å². The normalized spacial score (nSPS) is 16.8. The SMILES string of the molecule is Cc1cccc(OCCCC(=O)NCC2(c3ccc4c(c3)OCO4)CCOCC2)c1. The number of benzene rings is 2. The quantitative estimate of drug-likeness (QED) is 0.670. The average Bonchev–Trinajstić information content (AvgIpc) is 3.24. The smallest absolute Gasteiger partial charge is 0.231 e. The van der Waals surface area contributed by atoms with Crippen LogP contribution in [0.2, 0.25) is 0 Å². The van der Waals surface area contributed by atoms with Gasteiger partial charge in [0.1, 0.15) is 5.75 Å². The van der Waals surface area contributed by atoms with Gasteiger partial charge in [0.2, 0.25) is 12.7 Å². The van der Waals surface area contributed by atoms with Gasteiger partial charge in [-0.25, -0.2) is 0 Å². The van der Waals surface area contributed by atoms with Gasteiger partial charge in [0, 0.05) is 31.6 Å². The molecule has 0 bridgehead atoms. The Balaban J connectivity index is 1.30. The third-order valence-corrected chi connectivity index (χ3v) is 5.87. The number of rotatable bonds is 8. The molecule has 6 heteroatoms. The Morgan fingerprint density at radius 1 is 1.10 bits per heavy atom. The van der Waals surface area contributed by atoms with Gasteiger partial charge in [0.15, 0.2) is 11.5 Å². The molecule has 1 amide bonds. The molecule has 2 aliphatic heterocycles. The number of hydrogen-bond acceptors (Lipinski definition) is 5. The third-order valence-electron chi connectivity index (χ3n) is 5.87. The number of amides is 1. The molecule has 0 radical (unpaired) electrons. The lowest BCUT2D eigenvalue weighted by molar-refractivity contribution is -0.121. The van der Waals surface area contributed by atoms with Crippen LogP contribution in [-0.2, 0) is 14.9 Å². The Labute approximate surface area is 177 Å². The predicted molar refractivity (Wildman–Crippen MR) is 113 cm³/mol. The van der Waals surface area contributed by atoms with Crippen molar-refractivity contribution in [3.63, 3.8) is 0 Å². The topological polar surface area (TPSA) is 66.0 Å². The third kappa shape index (κ3) is 4.87. The number of ether oxygens (including phenoxy) is 4. The summed E-state index contributed by atoms with van der Waals surface area (Å²) in [7, 11) is 0. The van der Waals surface area contributed by atoms with Crippen molar-refractivity contribution in [2.45, 2.75) is 38.0 Å². The summed E-state index contributed by atoms with van der Waals surface area (Å²) >= 11 is 0. The van der Waals surface area contributed by atoms with Crippen LogP contribution in [0.15, 0.2) is 42.5 Å². The van der Waals surface area contributed by atoms with Crippen LogP contribution in [0.25, 0.3) is 0 Å². The predicted octanol–water partition coefficient (Wildman–Crippen LogP) is 3.75. The van der Waals surface area contributed by atoms with Crippen LogP contribution in [0.3, 0.4) is 0 Å². The number of nitrogens with one attached hydrogen (secondary N) is 1. The van der Waals surface area contributed by atoms with Crippen molar-refractivity contribution in [3.05, 3.63) is 53.6 Å². The number of hydrogen-bond donors (Lipinski definition) is 1. The lowest BCUT2D eigenvalue weighted by Crippen LogP contribution is -2.44. The lowest BCUT2D eigenvalue weighted by atomic mass is 9.74. The summed E-state index contributed by atoms with van der Waals surface area (Å²) in [5.74, 6) is 2.45. The maximum Gasteiger partial charge on any atom is 0.231 e. The summed E-state index contributed by atoms with van der Waals surface area (Å²) in [6, 6.07) is 14.0. The molecule has 2 aliphatic rings. The zero-order chi connectivity index (χ0) is 20.8. The largest absolute Gasteiger partial charge is 0.494 e. The zero-order valence-electron chi connectivity index (χ0n) is 17.4. The number of fused-ring (bicyclic) bond motifs is 1. The van der Waals surface area contributed by atoms with E-state index >= 15 is 0 Å². The van der Waals surface area contributed by atoms with Gasteiger partial charge in [-0.05, 0) is 61.6 Å². The molecular formula is C24H29NO5. The Hall–Kier alpha value is -2.73. The second-order valence-corrected chi connectivity index (χ2v) is 8.01. The second kappa shape index (κ2) is 9.39. The fourth-order valence-electron chi connectivity index (χ4n) is 4.04. The highest BCUT2D eigenvalue weighted by Crippen LogP contribution is 2.40. The summed E-state index contributed by atoms with van der Waals surface area (Å²) in [5.41, 5.74) is 2.18. The summed E-state index contributed by atoms with van der Waals surface area (Å²) in [6.45, 7) is 4.79. The Bertz CT molecular complexity index is 876. The van der Waals surface area contributed by atoms with Crippen molar-refractivity contribution >= 4 is 5.91 Å². The van der Waals surface area contributed by atoms with Crippen LogP contribution in [0.1, 0.15) is 36.8 Å². The molecule has 2 heterocycles. The van der Waals surface area contributed by atoms with Crippen molar-refractivity contribution in [2.75, 3.05) is 33.2 Å². The van der Waals surface area contributed by atoms with Crippen LogP contribution < -0.4 is 19.5 Å². The van der Waals surface area contributed by atoms with Gasteiger partial charge in [0.05, 0.1) is 6.61 Å². The van der Waals surface area contributed by atoms with E-state index in [1.807, 2.05) is 37.3 Å². The molecule has 6 nitrogen and oxygen atoms in total. The first kappa shape index (κ1) is 20.5. The fourth-order valence-corrected chi connectivity index (χ4v) is 4.04. The van der Waals surface area contributed by atoms with E-state index in [9.17, 15) is 4.79 Å². The molecule has 1 saturated heterocycles. The minimum atomic E-state index is -0.146. The van der Waals surface area contributed by atoms with Crippen molar-refractivity contribution in [2.24, 2.45) is 0 Å². The van der Waals surface area contributed by atoms with Crippen molar-refractivity contribution < 1.29 is 23.7 Å². The lowest BCUT2D eigenvalue weighted by Gasteiger charge is -2.38. The molecule has 0 unspecified atom stereocenters. The van der Waals surface area contributed by atoms with Crippen LogP contribution in [0, 0.1) is 6.92 Å². The molecule has 1 fully saturated rings. The van der Waals surface area contributed by atoms with Crippen LogP contribution in [0.5, 0.6) is 17.2 Å². The summed E-state index contributed by atoms with van der Waals surface area (Å²) < 4.78 is 22.3. The molecule has 0 saturated carbocycles. The van der Waals surface area contributed by atoms with Gasteiger partial charge in [-0.15, -0.1) is 0 Å². The van der Waals surface area contributed by atoms with E-state index in [0.717, 1.165) is 41.2 Å². The fraction of sp³-hybridized carbons (Fsp3) is 0.458. The molecule has 0 aromatic heterocycles. The number of carbonyl (C=O) groups is 1. The Morgan fingerprint density at radius 3 is 2.77 bits per heavy atom. The van der Waals surface area contributed by atoms with E-state index in [2.05, 4.69) is 17.4 Å². The molecule has 4 rings (SSSR count).